The zero-order chi connectivity index (χ0) is 21.3. The molecule has 0 saturated carbocycles. The second-order valence-corrected chi connectivity index (χ2v) is 7.01. The summed E-state index contributed by atoms with van der Waals surface area (Å²) in [6.45, 7) is 1.41. The number of aliphatic carboxylic acids is 1. The van der Waals surface area contributed by atoms with Crippen LogP contribution in [0.1, 0.15) is 6.92 Å². The van der Waals surface area contributed by atoms with Gasteiger partial charge in [0.2, 0.25) is 5.89 Å². The predicted octanol–water partition coefficient (Wildman–Crippen LogP) is 5.24. The Kier molecular flexibility index (Phi) is 5.43. The average Bonchev–Trinajstić information content (AvgIpc) is 3.13. The second-order valence-electron chi connectivity index (χ2n) is 6.16. The number of aromatic nitrogens is 3. The first-order chi connectivity index (χ1) is 14.4. The van der Waals surface area contributed by atoms with Gasteiger partial charge >= 0.3 is 12.0 Å². The monoisotopic (exact) mass is 445 g/mol. The van der Waals surface area contributed by atoms with Gasteiger partial charge in [0.1, 0.15) is 17.0 Å². The fraction of sp³-hybridized carbons (Fsp3) is 0.100. The second kappa shape index (κ2) is 8.17. The highest BCUT2D eigenvalue weighted by molar-refractivity contribution is 6.32. The lowest BCUT2D eigenvalue weighted by Crippen LogP contribution is -2.22. The molecular formula is C20H13Cl2N3O5. The molecule has 8 nitrogen and oxygen atoms in total. The van der Waals surface area contributed by atoms with Crippen molar-refractivity contribution in [3.8, 4) is 29.0 Å². The highest BCUT2D eigenvalue weighted by Gasteiger charge is 2.17. The summed E-state index contributed by atoms with van der Waals surface area (Å²) >= 11 is 12.2. The number of carbonyl (C=O) groups is 1. The number of carboxylic acids is 1. The Morgan fingerprint density at radius 3 is 2.73 bits per heavy atom. The SMILES string of the molecule is CC(Oc1ccc(-c2nc3cnc(Oc4cccc(Cl)c4)nc3o2)cc1Cl)C(=O)O. The van der Waals surface area contributed by atoms with Crippen LogP contribution in [0.3, 0.4) is 0 Å². The van der Waals surface area contributed by atoms with Gasteiger partial charge in [-0.05, 0) is 43.3 Å². The normalized spacial score (nSPS) is 12.0. The van der Waals surface area contributed by atoms with Gasteiger partial charge in [-0.25, -0.2) is 14.8 Å². The molecule has 1 N–H and O–H groups in total. The van der Waals surface area contributed by atoms with E-state index in [0.29, 0.717) is 21.9 Å². The molecule has 2 aromatic carbocycles. The van der Waals surface area contributed by atoms with Crippen LogP contribution in [0.2, 0.25) is 10.0 Å². The van der Waals surface area contributed by atoms with Crippen molar-refractivity contribution in [1.29, 1.82) is 0 Å². The van der Waals surface area contributed by atoms with Gasteiger partial charge in [0.05, 0.1) is 11.2 Å². The van der Waals surface area contributed by atoms with Crippen LogP contribution in [-0.4, -0.2) is 32.1 Å². The molecule has 1 atom stereocenters. The number of halogens is 2. The van der Waals surface area contributed by atoms with Crippen molar-refractivity contribution in [2.24, 2.45) is 0 Å². The molecule has 4 rings (SSSR count). The van der Waals surface area contributed by atoms with Gasteiger partial charge in [-0.3, -0.25) is 0 Å². The lowest BCUT2D eigenvalue weighted by atomic mass is 10.2. The molecule has 0 fully saturated rings. The first-order valence-corrected chi connectivity index (χ1v) is 9.41. The van der Waals surface area contributed by atoms with Crippen LogP contribution in [0.25, 0.3) is 22.7 Å². The molecule has 30 heavy (non-hydrogen) atoms. The molecule has 0 saturated heterocycles. The minimum atomic E-state index is -1.09. The molecule has 0 aliphatic carbocycles. The third-order valence-corrected chi connectivity index (χ3v) is 4.49. The van der Waals surface area contributed by atoms with Crippen LogP contribution in [0.5, 0.6) is 17.5 Å². The van der Waals surface area contributed by atoms with Gasteiger partial charge in [0.15, 0.2) is 6.10 Å². The largest absolute Gasteiger partial charge is 0.479 e. The molecule has 4 aromatic rings. The number of carboxylic acid groups (broad SMARTS) is 1. The summed E-state index contributed by atoms with van der Waals surface area (Å²) < 4.78 is 16.6. The summed E-state index contributed by atoms with van der Waals surface area (Å²) in [4.78, 5) is 23.6. The summed E-state index contributed by atoms with van der Waals surface area (Å²) in [5, 5.41) is 9.70. The Morgan fingerprint density at radius 1 is 1.17 bits per heavy atom. The standard InChI is InChI=1S/C20H13Cl2N3O5/c1-10(19(26)27)28-16-6-5-11(7-14(16)22)17-24-15-9-23-20(25-18(15)30-17)29-13-4-2-3-12(21)8-13/h2-10H,1H3,(H,26,27). The zero-order valence-electron chi connectivity index (χ0n) is 15.4. The first kappa shape index (κ1) is 19.9. The summed E-state index contributed by atoms with van der Waals surface area (Å²) in [5.41, 5.74) is 1.22. The fourth-order valence-electron chi connectivity index (χ4n) is 2.50. The summed E-state index contributed by atoms with van der Waals surface area (Å²) in [5.74, 6) is -0.106. The van der Waals surface area contributed by atoms with E-state index in [1.165, 1.54) is 13.1 Å². The van der Waals surface area contributed by atoms with Crippen LogP contribution in [0.15, 0.2) is 53.1 Å². The van der Waals surface area contributed by atoms with Crippen molar-refractivity contribution < 1.29 is 23.8 Å². The lowest BCUT2D eigenvalue weighted by molar-refractivity contribution is -0.144. The number of ether oxygens (including phenoxy) is 2. The molecule has 1 unspecified atom stereocenters. The molecule has 0 aliphatic heterocycles. The van der Waals surface area contributed by atoms with E-state index in [0.717, 1.165) is 0 Å². The van der Waals surface area contributed by atoms with E-state index in [-0.39, 0.29) is 28.4 Å². The fourth-order valence-corrected chi connectivity index (χ4v) is 2.90. The Morgan fingerprint density at radius 2 is 2.00 bits per heavy atom. The number of fused-ring (bicyclic) bond motifs is 1. The van der Waals surface area contributed by atoms with Crippen LogP contribution in [-0.2, 0) is 4.79 Å². The number of nitrogens with zero attached hydrogens (tertiary/aromatic N) is 3. The van der Waals surface area contributed by atoms with Gasteiger partial charge < -0.3 is 19.0 Å². The highest BCUT2D eigenvalue weighted by Crippen LogP contribution is 2.32. The van der Waals surface area contributed by atoms with Crippen molar-refractivity contribution >= 4 is 40.4 Å². The van der Waals surface area contributed by atoms with Crippen LogP contribution < -0.4 is 9.47 Å². The van der Waals surface area contributed by atoms with E-state index >= 15 is 0 Å². The Bertz CT molecular complexity index is 1240. The van der Waals surface area contributed by atoms with E-state index in [1.54, 1.807) is 42.5 Å². The number of hydrogen-bond donors (Lipinski definition) is 1. The Labute approximate surface area is 180 Å². The van der Waals surface area contributed by atoms with Gasteiger partial charge in [0, 0.05) is 10.6 Å². The number of hydrogen-bond acceptors (Lipinski definition) is 7. The van der Waals surface area contributed by atoms with E-state index in [9.17, 15) is 4.79 Å². The molecular weight excluding hydrogens is 433 g/mol. The van der Waals surface area contributed by atoms with Gasteiger partial charge in [-0.2, -0.15) is 4.98 Å². The van der Waals surface area contributed by atoms with Gasteiger partial charge in [-0.15, -0.1) is 0 Å². The third-order valence-electron chi connectivity index (χ3n) is 3.96. The molecule has 0 spiro atoms. The lowest BCUT2D eigenvalue weighted by Gasteiger charge is -2.12. The highest BCUT2D eigenvalue weighted by atomic mass is 35.5. The zero-order valence-corrected chi connectivity index (χ0v) is 16.9. The molecule has 10 heteroatoms. The van der Waals surface area contributed by atoms with Crippen molar-refractivity contribution in [2.45, 2.75) is 13.0 Å². The van der Waals surface area contributed by atoms with E-state index in [4.69, 9.17) is 42.2 Å². The van der Waals surface area contributed by atoms with E-state index in [2.05, 4.69) is 15.0 Å². The average molecular weight is 446 g/mol. The number of benzene rings is 2. The maximum atomic E-state index is 10.9. The molecule has 152 valence electrons. The molecule has 0 radical (unpaired) electrons. The quantitative estimate of drug-likeness (QED) is 0.429. The third kappa shape index (κ3) is 4.29. The summed E-state index contributed by atoms with van der Waals surface area (Å²) in [6, 6.07) is 11.7. The number of oxazole rings is 1. The smallest absolute Gasteiger partial charge is 0.344 e. The maximum absolute atomic E-state index is 10.9. The minimum absolute atomic E-state index is 0.0805. The van der Waals surface area contributed by atoms with E-state index in [1.807, 2.05) is 0 Å². The maximum Gasteiger partial charge on any atom is 0.344 e. The van der Waals surface area contributed by atoms with Crippen molar-refractivity contribution in [3.63, 3.8) is 0 Å². The van der Waals surface area contributed by atoms with Gasteiger partial charge in [0.25, 0.3) is 5.71 Å². The van der Waals surface area contributed by atoms with Crippen molar-refractivity contribution in [2.75, 3.05) is 0 Å². The number of rotatable bonds is 6. The summed E-state index contributed by atoms with van der Waals surface area (Å²) in [7, 11) is 0. The molecule has 0 aliphatic rings. The van der Waals surface area contributed by atoms with Crippen LogP contribution in [0.4, 0.5) is 0 Å². The Balaban J connectivity index is 1.59. The van der Waals surface area contributed by atoms with Gasteiger partial charge in [-0.1, -0.05) is 29.3 Å². The van der Waals surface area contributed by atoms with Crippen molar-refractivity contribution in [1.82, 2.24) is 15.0 Å². The molecule has 2 heterocycles. The minimum Gasteiger partial charge on any atom is -0.479 e. The predicted molar refractivity (Wildman–Crippen MR) is 109 cm³/mol. The van der Waals surface area contributed by atoms with Crippen LogP contribution >= 0.6 is 23.2 Å². The summed E-state index contributed by atoms with van der Waals surface area (Å²) in [6.07, 6.45) is 0.439. The molecule has 0 bridgehead atoms. The first-order valence-electron chi connectivity index (χ1n) is 8.65. The van der Waals surface area contributed by atoms with Crippen LogP contribution in [0, 0.1) is 0 Å². The van der Waals surface area contributed by atoms with E-state index < -0.39 is 12.1 Å². The topological polar surface area (TPSA) is 108 Å². The van der Waals surface area contributed by atoms with Crippen molar-refractivity contribution in [3.05, 3.63) is 58.7 Å². The molecule has 2 aromatic heterocycles. The Hall–Kier alpha value is -3.36. The molecule has 0 amide bonds.